The smallest absolute Gasteiger partial charge is 0.307 e. The number of rotatable bonds is 7. The van der Waals surface area contributed by atoms with Crippen LogP contribution in [0.3, 0.4) is 0 Å². The molecule has 0 heterocycles. The van der Waals surface area contributed by atoms with Crippen LogP contribution in [0.4, 0.5) is 0 Å². The van der Waals surface area contributed by atoms with E-state index >= 15 is 0 Å². The van der Waals surface area contributed by atoms with Crippen LogP contribution < -0.4 is 4.74 Å². The van der Waals surface area contributed by atoms with E-state index in [-0.39, 0.29) is 24.4 Å². The summed E-state index contributed by atoms with van der Waals surface area (Å²) in [6, 6.07) is 7.80. The summed E-state index contributed by atoms with van der Waals surface area (Å²) in [6.07, 6.45) is 2.62. The van der Waals surface area contributed by atoms with Crippen LogP contribution in [-0.2, 0) is 9.53 Å². The normalized spacial score (nSPS) is 12.8. The molecule has 2 atom stereocenters. The fourth-order valence-corrected chi connectivity index (χ4v) is 2.15. The summed E-state index contributed by atoms with van der Waals surface area (Å²) in [4.78, 5) is 11.4. The molecule has 0 spiro atoms. The van der Waals surface area contributed by atoms with Crippen molar-refractivity contribution in [2.75, 3.05) is 7.11 Å². The van der Waals surface area contributed by atoms with Gasteiger partial charge in [-0.3, -0.25) is 4.79 Å². The van der Waals surface area contributed by atoms with Crippen molar-refractivity contribution >= 4 is 5.97 Å². The molecule has 0 aliphatic rings. The molecule has 0 saturated heterocycles. The van der Waals surface area contributed by atoms with Gasteiger partial charge in [0.05, 0.1) is 25.6 Å². The quantitative estimate of drug-likeness (QED) is 0.563. The number of carbonyl (C=O) groups excluding carboxylic acids is 1. The van der Waals surface area contributed by atoms with Crippen molar-refractivity contribution in [2.24, 2.45) is 0 Å². The lowest BCUT2D eigenvalue weighted by molar-refractivity contribution is -0.140. The summed E-state index contributed by atoms with van der Waals surface area (Å²) < 4.78 is 10.5. The molecular weight excluding hydrogens is 264 g/mol. The highest BCUT2D eigenvalue weighted by Gasteiger charge is 2.14. The van der Waals surface area contributed by atoms with Crippen molar-refractivity contribution in [2.45, 2.75) is 52.1 Å². The van der Waals surface area contributed by atoms with E-state index in [0.717, 1.165) is 24.2 Å². The zero-order valence-corrected chi connectivity index (χ0v) is 13.3. The molecule has 0 saturated carbocycles. The van der Waals surface area contributed by atoms with Crippen LogP contribution in [-0.4, -0.2) is 19.2 Å². The third-order valence-corrected chi connectivity index (χ3v) is 3.23. The van der Waals surface area contributed by atoms with E-state index in [0.29, 0.717) is 0 Å². The molecule has 0 fully saturated rings. The molecule has 0 aliphatic heterocycles. The SMILES string of the molecule is CC#CC(CC(=O)OC)c1ccc(OC(C)CCC)cc1. The molecule has 0 radical (unpaired) electrons. The first kappa shape index (κ1) is 17.1. The van der Waals surface area contributed by atoms with E-state index in [4.69, 9.17) is 9.47 Å². The number of methoxy groups -OCH3 is 1. The lowest BCUT2D eigenvalue weighted by Gasteiger charge is -2.15. The summed E-state index contributed by atoms with van der Waals surface area (Å²) in [5.74, 6) is 6.39. The first-order chi connectivity index (χ1) is 10.1. The van der Waals surface area contributed by atoms with Gasteiger partial charge < -0.3 is 9.47 Å². The topological polar surface area (TPSA) is 35.5 Å². The second kappa shape index (κ2) is 9.07. The zero-order valence-electron chi connectivity index (χ0n) is 13.3. The number of hydrogen-bond donors (Lipinski definition) is 0. The standard InChI is InChI=1S/C18H24O3/c1-5-7-14(3)21-17-11-9-15(10-12-17)16(8-6-2)13-18(19)20-4/h9-12,14,16H,5,7,13H2,1-4H3. The van der Waals surface area contributed by atoms with Gasteiger partial charge in [-0.2, -0.15) is 0 Å². The monoisotopic (exact) mass is 288 g/mol. The predicted molar refractivity (Wildman–Crippen MR) is 84.3 cm³/mol. The van der Waals surface area contributed by atoms with Crippen LogP contribution in [0.15, 0.2) is 24.3 Å². The third-order valence-electron chi connectivity index (χ3n) is 3.23. The lowest BCUT2D eigenvalue weighted by atomic mass is 9.96. The van der Waals surface area contributed by atoms with Gasteiger partial charge in [0.25, 0.3) is 0 Å². The summed E-state index contributed by atoms with van der Waals surface area (Å²) in [7, 11) is 1.39. The predicted octanol–water partition coefficient (Wildman–Crippen LogP) is 3.92. The Morgan fingerprint density at radius 2 is 1.95 bits per heavy atom. The highest BCUT2D eigenvalue weighted by molar-refractivity contribution is 5.71. The van der Waals surface area contributed by atoms with Crippen molar-refractivity contribution < 1.29 is 14.3 Å². The van der Waals surface area contributed by atoms with Crippen LogP contribution in [0.1, 0.15) is 51.5 Å². The molecule has 1 aromatic carbocycles. The maximum Gasteiger partial charge on any atom is 0.307 e. The van der Waals surface area contributed by atoms with Crippen molar-refractivity contribution in [1.82, 2.24) is 0 Å². The molecule has 3 heteroatoms. The molecule has 2 unspecified atom stereocenters. The number of carbonyl (C=O) groups is 1. The molecule has 1 aromatic rings. The largest absolute Gasteiger partial charge is 0.491 e. The summed E-state index contributed by atoms with van der Waals surface area (Å²) >= 11 is 0. The summed E-state index contributed by atoms with van der Waals surface area (Å²) in [5.41, 5.74) is 1.00. The van der Waals surface area contributed by atoms with Gasteiger partial charge in [-0.1, -0.05) is 31.4 Å². The lowest BCUT2D eigenvalue weighted by Crippen LogP contribution is -2.11. The fraction of sp³-hybridized carbons (Fsp3) is 0.500. The van der Waals surface area contributed by atoms with Gasteiger partial charge in [-0.05, 0) is 38.0 Å². The van der Waals surface area contributed by atoms with Gasteiger partial charge >= 0.3 is 5.97 Å². The second-order valence-corrected chi connectivity index (χ2v) is 5.01. The molecule has 21 heavy (non-hydrogen) atoms. The summed E-state index contributed by atoms with van der Waals surface area (Å²) in [6.45, 7) is 5.98. The Balaban J connectivity index is 2.77. The van der Waals surface area contributed by atoms with Crippen LogP contribution >= 0.6 is 0 Å². The minimum Gasteiger partial charge on any atom is -0.491 e. The van der Waals surface area contributed by atoms with Crippen LogP contribution in [0, 0.1) is 11.8 Å². The van der Waals surface area contributed by atoms with Crippen LogP contribution in [0.25, 0.3) is 0 Å². The maximum absolute atomic E-state index is 11.4. The Morgan fingerprint density at radius 1 is 1.29 bits per heavy atom. The number of ether oxygens (including phenoxy) is 2. The van der Waals surface area contributed by atoms with Gasteiger partial charge in [-0.15, -0.1) is 5.92 Å². The molecule has 1 rings (SSSR count). The average Bonchev–Trinajstić information content (AvgIpc) is 2.47. The molecular formula is C18H24O3. The van der Waals surface area contributed by atoms with E-state index in [9.17, 15) is 4.79 Å². The first-order valence-corrected chi connectivity index (χ1v) is 7.36. The van der Waals surface area contributed by atoms with Crippen molar-refractivity contribution in [3.63, 3.8) is 0 Å². The Bertz CT molecular complexity index is 493. The number of esters is 1. The third kappa shape index (κ3) is 5.91. The van der Waals surface area contributed by atoms with Crippen LogP contribution in [0.5, 0.6) is 5.75 Å². The fourth-order valence-electron chi connectivity index (χ4n) is 2.15. The average molecular weight is 288 g/mol. The first-order valence-electron chi connectivity index (χ1n) is 7.36. The van der Waals surface area contributed by atoms with Gasteiger partial charge in [0.2, 0.25) is 0 Å². The highest BCUT2D eigenvalue weighted by Crippen LogP contribution is 2.23. The maximum atomic E-state index is 11.4. The minimum absolute atomic E-state index is 0.135. The Kier molecular flexibility index (Phi) is 7.39. The minimum atomic E-state index is -0.250. The Hall–Kier alpha value is -1.95. The number of benzene rings is 1. The molecule has 0 N–H and O–H groups in total. The molecule has 3 nitrogen and oxygen atoms in total. The molecule has 0 bridgehead atoms. The van der Waals surface area contributed by atoms with Gasteiger partial charge in [0, 0.05) is 0 Å². The van der Waals surface area contributed by atoms with Gasteiger partial charge in [-0.25, -0.2) is 0 Å². The van der Waals surface area contributed by atoms with E-state index < -0.39 is 0 Å². The van der Waals surface area contributed by atoms with Crippen LogP contribution in [0.2, 0.25) is 0 Å². The number of hydrogen-bond acceptors (Lipinski definition) is 3. The van der Waals surface area contributed by atoms with E-state index in [1.165, 1.54) is 7.11 Å². The Labute approximate surface area is 127 Å². The van der Waals surface area contributed by atoms with Crippen molar-refractivity contribution in [3.8, 4) is 17.6 Å². The highest BCUT2D eigenvalue weighted by atomic mass is 16.5. The van der Waals surface area contributed by atoms with Crippen molar-refractivity contribution in [1.29, 1.82) is 0 Å². The Morgan fingerprint density at radius 3 is 2.48 bits per heavy atom. The second-order valence-electron chi connectivity index (χ2n) is 5.01. The molecule has 0 aromatic heterocycles. The summed E-state index contributed by atoms with van der Waals surface area (Å²) in [5, 5.41) is 0. The van der Waals surface area contributed by atoms with Crippen molar-refractivity contribution in [3.05, 3.63) is 29.8 Å². The molecule has 0 amide bonds. The van der Waals surface area contributed by atoms with E-state index in [1.807, 2.05) is 24.3 Å². The van der Waals surface area contributed by atoms with Gasteiger partial charge in [0.1, 0.15) is 5.75 Å². The van der Waals surface area contributed by atoms with E-state index in [1.54, 1.807) is 6.92 Å². The molecule has 114 valence electrons. The molecule has 0 aliphatic carbocycles. The zero-order chi connectivity index (χ0) is 15.7. The van der Waals surface area contributed by atoms with E-state index in [2.05, 4.69) is 25.7 Å². The van der Waals surface area contributed by atoms with Gasteiger partial charge in [0.15, 0.2) is 0 Å².